The van der Waals surface area contributed by atoms with E-state index in [1.54, 1.807) is 0 Å². The van der Waals surface area contributed by atoms with Crippen molar-refractivity contribution in [3.05, 3.63) is 336 Å². The molecular formula is C70H50ClN7O6S4. The molecule has 0 spiro atoms. The van der Waals surface area contributed by atoms with Crippen molar-refractivity contribution in [3.8, 4) is 0 Å². The summed E-state index contributed by atoms with van der Waals surface area (Å²) in [7, 11) is 0. The van der Waals surface area contributed by atoms with Crippen molar-refractivity contribution in [1.29, 1.82) is 0 Å². The number of nitrogens with zero attached hydrogens (tertiary/aromatic N) is 5. The smallest absolute Gasteiger partial charge is 0.356 e. The van der Waals surface area contributed by atoms with Crippen LogP contribution < -0.4 is 16.1 Å². The molecule has 1 unspecified atom stereocenters. The summed E-state index contributed by atoms with van der Waals surface area (Å²) in [5.41, 5.74) is 3.27. The number of ether oxygens (including phenoxy) is 1. The second-order valence-corrected chi connectivity index (χ2v) is 25.5. The number of carbonyl (C=O) groups is 3. The van der Waals surface area contributed by atoms with Gasteiger partial charge in [0, 0.05) is 45.8 Å². The molecule has 13 rings (SSSR count). The maximum Gasteiger partial charge on any atom is 0.356 e. The van der Waals surface area contributed by atoms with Gasteiger partial charge >= 0.3 is 5.97 Å². The number of aromatic nitrogens is 3. The Labute approximate surface area is 527 Å². The number of β-lactam (4-membered cyclic amide) rings is 1. The predicted octanol–water partition coefficient (Wildman–Crippen LogP) is 14.0. The first-order valence-electron chi connectivity index (χ1n) is 28.0. The van der Waals surface area contributed by atoms with Gasteiger partial charge in [-0.25, -0.2) is 19.7 Å². The van der Waals surface area contributed by atoms with Crippen LogP contribution in [0.4, 0.5) is 5.13 Å². The van der Waals surface area contributed by atoms with E-state index in [0.29, 0.717) is 46.9 Å². The van der Waals surface area contributed by atoms with Crippen LogP contribution in [-0.2, 0) is 35.1 Å². The van der Waals surface area contributed by atoms with Crippen LogP contribution in [0.2, 0.25) is 4.34 Å². The summed E-state index contributed by atoms with van der Waals surface area (Å²) in [6, 6.07) is 77.7. The molecule has 2 amide bonds. The van der Waals surface area contributed by atoms with Gasteiger partial charge in [-0.15, -0.1) is 23.1 Å². The molecule has 2 N–H and O–H groups in total. The lowest BCUT2D eigenvalue weighted by Gasteiger charge is -2.49. The average molecular weight is 1250 g/mol. The third-order valence-corrected chi connectivity index (χ3v) is 20.0. The number of hydrogen-bond acceptors (Lipinski definition) is 15. The Morgan fingerprint density at radius 3 is 1.59 bits per heavy atom. The lowest BCUT2D eigenvalue weighted by molar-refractivity contribution is -0.154. The molecule has 0 aliphatic carbocycles. The molecule has 5 heterocycles. The summed E-state index contributed by atoms with van der Waals surface area (Å²) >= 11 is 12.3. The van der Waals surface area contributed by atoms with E-state index in [2.05, 4.69) is 20.6 Å². The highest BCUT2D eigenvalue weighted by atomic mass is 35.5. The number of nitrogens with one attached hydrogen (secondary N) is 2. The van der Waals surface area contributed by atoms with E-state index in [0.717, 1.165) is 28.0 Å². The highest BCUT2D eigenvalue weighted by Gasteiger charge is 2.55. The van der Waals surface area contributed by atoms with Crippen LogP contribution in [0.1, 0.15) is 56.3 Å². The fraction of sp³-hybridized carbons (Fsp3) is 0.0857. The quantitative estimate of drug-likeness (QED) is 0.0259. The number of thiazole rings is 1. The molecule has 0 radical (unpaired) electrons. The fourth-order valence-electron chi connectivity index (χ4n) is 11.1. The van der Waals surface area contributed by atoms with E-state index in [4.69, 9.17) is 31.3 Å². The number of anilines is 1. The van der Waals surface area contributed by atoms with Crippen LogP contribution in [0.25, 0.3) is 10.3 Å². The second kappa shape index (κ2) is 25.5. The molecule has 2 atom stereocenters. The van der Waals surface area contributed by atoms with Crippen molar-refractivity contribution < 1.29 is 24.0 Å². The summed E-state index contributed by atoms with van der Waals surface area (Å²) in [5, 5.41) is 11.2. The van der Waals surface area contributed by atoms with E-state index in [9.17, 15) is 4.79 Å². The number of esters is 1. The number of thioether (sulfide) groups is 2. The molecule has 0 bridgehead atoms. The summed E-state index contributed by atoms with van der Waals surface area (Å²) in [6.45, 7) is 0. The minimum atomic E-state index is -1.46. The van der Waals surface area contributed by atoms with Crippen molar-refractivity contribution >= 4 is 96.8 Å². The van der Waals surface area contributed by atoms with Crippen LogP contribution in [0.5, 0.6) is 0 Å². The Hall–Kier alpha value is -9.49. The molecule has 2 aliphatic heterocycles. The SMILES string of the molecule is O=C(OC(c1ccccc1)c1ccccc1)C1=C(Sc2cc(=O)c3nccnc3s2)CS[C@@H]2C(NC(=O)/C(=N\OC(c3ccccc3)(c3ccccc3)c3ccccc3)c3nc(NC(c4ccccc4)(c4ccccc4)c4ccccc4)sc3Cl)C(=O)N12. The number of benzene rings is 8. The number of fused-ring (bicyclic) bond motifs is 2. The molecule has 432 valence electrons. The van der Waals surface area contributed by atoms with Gasteiger partial charge in [-0.2, -0.15) is 0 Å². The first-order chi connectivity index (χ1) is 43.2. The monoisotopic (exact) mass is 1250 g/mol. The van der Waals surface area contributed by atoms with Gasteiger partial charge in [-0.3, -0.25) is 19.3 Å². The Morgan fingerprint density at radius 2 is 1.09 bits per heavy atom. The van der Waals surface area contributed by atoms with E-state index < -0.39 is 46.4 Å². The molecule has 11 aromatic rings. The van der Waals surface area contributed by atoms with Crippen LogP contribution in [-0.4, -0.2) is 60.5 Å². The van der Waals surface area contributed by atoms with E-state index in [1.165, 1.54) is 58.2 Å². The Balaban J connectivity index is 0.911. The molecule has 2 aliphatic rings. The summed E-state index contributed by atoms with van der Waals surface area (Å²) < 4.78 is 7.13. The average Bonchev–Trinajstić information content (AvgIpc) is 1.32. The van der Waals surface area contributed by atoms with E-state index in [1.807, 2.05) is 243 Å². The zero-order chi connectivity index (χ0) is 60.0. The molecule has 1 fully saturated rings. The maximum absolute atomic E-state index is 15.8. The van der Waals surface area contributed by atoms with Crippen LogP contribution in [0.3, 0.4) is 0 Å². The van der Waals surface area contributed by atoms with Gasteiger partial charge in [0.2, 0.25) is 11.0 Å². The lowest BCUT2D eigenvalue weighted by Crippen LogP contribution is -2.71. The lowest BCUT2D eigenvalue weighted by atomic mass is 9.77. The van der Waals surface area contributed by atoms with Gasteiger partial charge in [-0.1, -0.05) is 283 Å². The zero-order valence-corrected chi connectivity index (χ0v) is 50.5. The standard InChI is InChI=1S/C70H50ClN7O6S4/c71-62-57(75-68(88-62)76-69(47-29-13-3-14-30-47,48-31-15-4-16-32-48)49-33-17-5-18-34-49)58(77-84-70(50-35-19-6-20-36-50,51-37-21-7-22-38-51)52-39-23-8-24-40-52)63(80)74-59-65(81)78-60(67(82)83-61(45-25-9-1-10-26-45)46-27-11-2-12-28-46)54(44-85-66(59)78)86-55-43-53(79)56-64(87-55)73-42-41-72-56/h1-43,59,61,66H,44H2,(H,74,80)(H,75,76)/b77-58-/t59?,66-/m1/s1. The zero-order valence-electron chi connectivity index (χ0n) is 46.5. The van der Waals surface area contributed by atoms with Gasteiger partial charge in [0.05, 0.1) is 4.21 Å². The van der Waals surface area contributed by atoms with Crippen LogP contribution in [0, 0.1) is 0 Å². The first-order valence-corrected chi connectivity index (χ1v) is 31.8. The number of oxime groups is 1. The molecule has 0 saturated carbocycles. The van der Waals surface area contributed by atoms with Crippen LogP contribution >= 0.6 is 57.8 Å². The molecule has 1 saturated heterocycles. The van der Waals surface area contributed by atoms with Crippen molar-refractivity contribution in [1.82, 2.24) is 25.2 Å². The third-order valence-electron chi connectivity index (χ3n) is 15.2. The molecular weight excluding hydrogens is 1200 g/mol. The predicted molar refractivity (Wildman–Crippen MR) is 349 cm³/mol. The number of halogens is 1. The number of carbonyl (C=O) groups excluding carboxylic acids is 3. The van der Waals surface area contributed by atoms with Crippen molar-refractivity contribution in [2.75, 3.05) is 11.1 Å². The van der Waals surface area contributed by atoms with Gasteiger partial charge in [-0.05, 0) is 27.8 Å². The molecule has 3 aromatic heterocycles. The highest BCUT2D eigenvalue weighted by Crippen LogP contribution is 2.48. The summed E-state index contributed by atoms with van der Waals surface area (Å²) in [5.74, 6) is -2.02. The van der Waals surface area contributed by atoms with Gasteiger partial charge in [0.15, 0.2) is 16.9 Å². The number of hydrogen-bond donors (Lipinski definition) is 2. The second-order valence-electron chi connectivity index (χ2n) is 20.4. The van der Waals surface area contributed by atoms with E-state index >= 15 is 14.4 Å². The van der Waals surface area contributed by atoms with Crippen molar-refractivity contribution in [2.24, 2.45) is 5.16 Å². The normalized spacial score (nSPS) is 15.1. The molecule has 8 aromatic carbocycles. The summed E-state index contributed by atoms with van der Waals surface area (Å²) in [4.78, 5) is 82.7. The largest absolute Gasteiger partial charge is 0.448 e. The maximum atomic E-state index is 15.8. The number of amides is 2. The molecule has 18 heteroatoms. The minimum Gasteiger partial charge on any atom is -0.448 e. The Bertz CT molecular complexity index is 4210. The number of rotatable bonds is 19. The Morgan fingerprint density at radius 1 is 0.625 bits per heavy atom. The highest BCUT2D eigenvalue weighted by molar-refractivity contribution is 8.07. The van der Waals surface area contributed by atoms with Crippen molar-refractivity contribution in [2.45, 2.75) is 32.9 Å². The van der Waals surface area contributed by atoms with Gasteiger partial charge in [0.1, 0.15) is 43.0 Å². The molecule has 13 nitrogen and oxygen atoms in total. The van der Waals surface area contributed by atoms with Gasteiger partial charge < -0.3 is 20.2 Å². The van der Waals surface area contributed by atoms with E-state index in [-0.39, 0.29) is 38.1 Å². The van der Waals surface area contributed by atoms with Gasteiger partial charge in [0.25, 0.3) is 11.8 Å². The topological polar surface area (TPSA) is 165 Å². The molecule has 88 heavy (non-hydrogen) atoms. The summed E-state index contributed by atoms with van der Waals surface area (Å²) in [6.07, 6.45) is 2.11. The third kappa shape index (κ3) is 11.2. The fourth-order valence-corrected chi connectivity index (χ4v) is 15.9. The van der Waals surface area contributed by atoms with Crippen molar-refractivity contribution in [3.63, 3.8) is 0 Å². The first kappa shape index (κ1) is 57.6. The van der Waals surface area contributed by atoms with Crippen LogP contribution in [0.15, 0.2) is 286 Å². The Kier molecular flexibility index (Phi) is 16.7. The minimum absolute atomic E-state index is 0.0208.